The Balaban J connectivity index is 2.18. The van der Waals surface area contributed by atoms with Gasteiger partial charge < -0.3 is 0 Å². The molecule has 0 spiro atoms. The lowest BCUT2D eigenvalue weighted by Crippen LogP contribution is -2.27. The molecule has 1 unspecified atom stereocenters. The van der Waals surface area contributed by atoms with Crippen molar-refractivity contribution < 1.29 is 0 Å². The van der Waals surface area contributed by atoms with Gasteiger partial charge in [-0.25, -0.2) is 0 Å². The average Bonchev–Trinajstić information content (AvgIpc) is 1.90. The van der Waals surface area contributed by atoms with Crippen LogP contribution in [0.1, 0.15) is 12.8 Å². The Morgan fingerprint density at radius 3 is 2.44 bits per heavy atom. The summed E-state index contributed by atoms with van der Waals surface area (Å²) in [5.74, 6) is 0. The molecule has 1 rings (SSSR count). The van der Waals surface area contributed by atoms with Crippen molar-refractivity contribution in [1.82, 2.24) is 4.67 Å². The van der Waals surface area contributed by atoms with Gasteiger partial charge in [0.05, 0.1) is 0 Å². The molecule has 0 aromatic carbocycles. The van der Waals surface area contributed by atoms with Crippen LogP contribution in [-0.2, 0) is 0 Å². The quantitative estimate of drug-likeness (QED) is 0.540. The monoisotopic (exact) mass is 163 g/mol. The van der Waals surface area contributed by atoms with Gasteiger partial charge in [-0.3, -0.25) is 4.67 Å². The van der Waals surface area contributed by atoms with Gasteiger partial charge in [0.15, 0.2) is 0 Å². The lowest BCUT2D eigenvalue weighted by molar-refractivity contribution is 0.387. The van der Waals surface area contributed by atoms with Gasteiger partial charge in [-0.1, -0.05) is 9.39 Å². The molecule has 3 heteroatoms. The summed E-state index contributed by atoms with van der Waals surface area (Å²) in [5, 5.41) is 0.932. The molecule has 1 nitrogen and oxygen atoms in total. The van der Waals surface area contributed by atoms with Crippen LogP contribution in [0.5, 0.6) is 0 Å². The first-order valence-electron chi connectivity index (χ1n) is 3.35. The first-order chi connectivity index (χ1) is 4.33. The third kappa shape index (κ3) is 2.45. The van der Waals surface area contributed by atoms with E-state index < -0.39 is 0 Å². The zero-order valence-electron chi connectivity index (χ0n) is 5.84. The van der Waals surface area contributed by atoms with Gasteiger partial charge in [-0.05, 0) is 19.1 Å². The number of nitrogens with zero attached hydrogens (tertiary/aromatic N) is 1. The summed E-state index contributed by atoms with van der Waals surface area (Å²) in [6, 6.07) is 0. The fraction of sp³-hybridized carbons (Fsp3) is 1.00. The number of piperidine rings is 1. The molecule has 0 aromatic heterocycles. The Morgan fingerprint density at radius 2 is 2.00 bits per heavy atom. The minimum Gasteiger partial charge on any atom is -0.287 e. The number of hydrogen-bond acceptors (Lipinski definition) is 2. The Bertz CT molecular complexity index is 81.1. The second kappa shape index (κ2) is 3.80. The van der Waals surface area contributed by atoms with Crippen LogP contribution in [0.3, 0.4) is 0 Å². The van der Waals surface area contributed by atoms with E-state index >= 15 is 0 Å². The maximum Gasteiger partial charge on any atom is 0.00688 e. The second-order valence-corrected chi connectivity index (χ2v) is 4.34. The van der Waals surface area contributed by atoms with E-state index in [9.17, 15) is 0 Å². The van der Waals surface area contributed by atoms with Gasteiger partial charge in [-0.15, -0.1) is 0 Å². The molecule has 1 fully saturated rings. The molecule has 0 saturated carbocycles. The highest BCUT2D eigenvalue weighted by Gasteiger charge is 2.14. The van der Waals surface area contributed by atoms with Crippen LogP contribution in [0.4, 0.5) is 0 Å². The first kappa shape index (κ1) is 7.84. The molecule has 1 aliphatic heterocycles. The highest BCUT2D eigenvalue weighted by molar-refractivity contribution is 7.99. The van der Waals surface area contributed by atoms with E-state index in [1.165, 1.54) is 25.9 Å². The molecule has 0 aromatic rings. The average molecular weight is 163 g/mol. The summed E-state index contributed by atoms with van der Waals surface area (Å²) in [7, 11) is 2.77. The minimum atomic E-state index is 0.932. The summed E-state index contributed by atoms with van der Waals surface area (Å²) < 4.78 is 2.33. The molecular formula is C6H14NPS. The molecule has 1 saturated heterocycles. The number of rotatable bonds is 1. The van der Waals surface area contributed by atoms with Gasteiger partial charge in [-0.2, -0.15) is 11.8 Å². The van der Waals surface area contributed by atoms with Crippen LogP contribution in [0.15, 0.2) is 0 Å². The standard InChI is InChI=1S/C6H14NPS/c1-9-6-2-4-7(8)5-3-6/h6H,2-5,8H2,1H3. The molecule has 1 heterocycles. The number of hydrogen-bond donors (Lipinski definition) is 0. The normalized spacial score (nSPS) is 24.7. The molecule has 1 atom stereocenters. The molecule has 1 aliphatic rings. The minimum absolute atomic E-state index is 0.932. The predicted molar refractivity (Wildman–Crippen MR) is 47.8 cm³/mol. The fourth-order valence-corrected chi connectivity index (χ4v) is 2.09. The summed E-state index contributed by atoms with van der Waals surface area (Å²) in [5.41, 5.74) is 0. The summed E-state index contributed by atoms with van der Waals surface area (Å²) in [6.07, 6.45) is 4.94. The Hall–Kier alpha value is 0.740. The van der Waals surface area contributed by atoms with Crippen LogP contribution in [-0.4, -0.2) is 29.3 Å². The highest BCUT2D eigenvalue weighted by Crippen LogP contribution is 2.22. The second-order valence-electron chi connectivity index (χ2n) is 2.47. The molecular weight excluding hydrogens is 149 g/mol. The number of thioether (sulfide) groups is 1. The van der Waals surface area contributed by atoms with Gasteiger partial charge in [0, 0.05) is 18.3 Å². The van der Waals surface area contributed by atoms with E-state index in [4.69, 9.17) is 0 Å². The topological polar surface area (TPSA) is 3.24 Å². The van der Waals surface area contributed by atoms with Crippen LogP contribution < -0.4 is 0 Å². The van der Waals surface area contributed by atoms with Crippen LogP contribution >= 0.6 is 21.2 Å². The third-order valence-electron chi connectivity index (χ3n) is 1.81. The largest absolute Gasteiger partial charge is 0.287 e. The summed E-state index contributed by atoms with van der Waals surface area (Å²) in [6.45, 7) is 2.52. The fourth-order valence-electron chi connectivity index (χ4n) is 1.11. The molecule has 0 radical (unpaired) electrons. The lowest BCUT2D eigenvalue weighted by atomic mass is 10.2. The Kier molecular flexibility index (Phi) is 3.31. The molecule has 0 aliphatic carbocycles. The van der Waals surface area contributed by atoms with Gasteiger partial charge in [0.1, 0.15) is 0 Å². The van der Waals surface area contributed by atoms with Crippen molar-refractivity contribution in [2.45, 2.75) is 18.1 Å². The zero-order chi connectivity index (χ0) is 6.69. The van der Waals surface area contributed by atoms with Gasteiger partial charge >= 0.3 is 0 Å². The maximum absolute atomic E-state index is 2.77. The highest BCUT2D eigenvalue weighted by atomic mass is 32.2. The van der Waals surface area contributed by atoms with Crippen molar-refractivity contribution in [3.63, 3.8) is 0 Å². The summed E-state index contributed by atoms with van der Waals surface area (Å²) >= 11 is 2.01. The van der Waals surface area contributed by atoms with E-state index in [-0.39, 0.29) is 0 Å². The smallest absolute Gasteiger partial charge is 0.00688 e. The van der Waals surface area contributed by atoms with Crippen molar-refractivity contribution in [1.29, 1.82) is 0 Å². The zero-order valence-corrected chi connectivity index (χ0v) is 7.81. The first-order valence-corrected chi connectivity index (χ1v) is 5.16. The molecule has 0 N–H and O–H groups in total. The van der Waals surface area contributed by atoms with E-state index in [0.717, 1.165) is 5.25 Å². The van der Waals surface area contributed by atoms with E-state index in [2.05, 4.69) is 20.3 Å². The van der Waals surface area contributed by atoms with Gasteiger partial charge in [0.2, 0.25) is 0 Å². The Labute approximate surface area is 63.8 Å². The van der Waals surface area contributed by atoms with Crippen molar-refractivity contribution >= 4 is 21.2 Å². The van der Waals surface area contributed by atoms with E-state index in [1.807, 2.05) is 11.8 Å². The van der Waals surface area contributed by atoms with Crippen molar-refractivity contribution in [3.8, 4) is 0 Å². The van der Waals surface area contributed by atoms with Crippen molar-refractivity contribution in [2.24, 2.45) is 0 Å². The SMILES string of the molecule is CSC1CCN(P)CC1. The summed E-state index contributed by atoms with van der Waals surface area (Å²) in [4.78, 5) is 0. The van der Waals surface area contributed by atoms with Crippen LogP contribution in [0.25, 0.3) is 0 Å². The van der Waals surface area contributed by atoms with Crippen LogP contribution in [0, 0.1) is 0 Å². The van der Waals surface area contributed by atoms with Crippen molar-refractivity contribution in [2.75, 3.05) is 19.3 Å². The molecule has 0 amide bonds. The lowest BCUT2D eigenvalue weighted by Gasteiger charge is -2.27. The molecule has 0 bridgehead atoms. The maximum atomic E-state index is 2.77. The third-order valence-corrected chi connectivity index (χ3v) is 3.46. The van der Waals surface area contributed by atoms with Crippen LogP contribution in [0.2, 0.25) is 0 Å². The van der Waals surface area contributed by atoms with E-state index in [1.54, 1.807) is 0 Å². The molecule has 54 valence electrons. The predicted octanol–water partition coefficient (Wildman–Crippen LogP) is 1.60. The van der Waals surface area contributed by atoms with Gasteiger partial charge in [0.25, 0.3) is 0 Å². The van der Waals surface area contributed by atoms with E-state index in [0.29, 0.717) is 0 Å². The van der Waals surface area contributed by atoms with Crippen molar-refractivity contribution in [3.05, 3.63) is 0 Å². The Morgan fingerprint density at radius 1 is 1.44 bits per heavy atom. The molecule has 9 heavy (non-hydrogen) atoms.